The van der Waals surface area contributed by atoms with E-state index in [9.17, 15) is 0 Å². The van der Waals surface area contributed by atoms with E-state index >= 15 is 0 Å². The first kappa shape index (κ1) is 12.4. The zero-order valence-electron chi connectivity index (χ0n) is 11.2. The lowest BCUT2D eigenvalue weighted by Gasteiger charge is -2.20. The molecule has 2 heterocycles. The number of hydrogen-bond donors (Lipinski definition) is 1. The van der Waals surface area contributed by atoms with Crippen molar-refractivity contribution < 1.29 is 0 Å². The third kappa shape index (κ3) is 2.60. The van der Waals surface area contributed by atoms with Crippen LogP contribution in [0.3, 0.4) is 0 Å². The minimum absolute atomic E-state index is 0.567. The summed E-state index contributed by atoms with van der Waals surface area (Å²) in [5, 5.41) is 3.50. The molecule has 3 heteroatoms. The van der Waals surface area contributed by atoms with Crippen molar-refractivity contribution in [3.8, 4) is 0 Å². The summed E-state index contributed by atoms with van der Waals surface area (Å²) in [6.07, 6.45) is 2.27. The van der Waals surface area contributed by atoms with Gasteiger partial charge in [0.1, 0.15) is 5.82 Å². The molecule has 0 aliphatic carbocycles. The van der Waals surface area contributed by atoms with Gasteiger partial charge in [0.2, 0.25) is 0 Å². The molecule has 0 aromatic carbocycles. The SMILES string of the molecule is CCC1CNCCc2ccc(N(C)CC)nc21. The standard InChI is InChI=1S/C14H23N3/c1-4-11-10-15-9-8-12-6-7-13(16-14(11)12)17(3)5-2/h6-7,11,15H,4-5,8-10H2,1-3H3. The Labute approximate surface area is 104 Å². The first-order valence-electron chi connectivity index (χ1n) is 6.67. The van der Waals surface area contributed by atoms with Crippen molar-refractivity contribution >= 4 is 5.82 Å². The Morgan fingerprint density at radius 3 is 2.94 bits per heavy atom. The van der Waals surface area contributed by atoms with Gasteiger partial charge in [0.15, 0.2) is 0 Å². The lowest BCUT2D eigenvalue weighted by Crippen LogP contribution is -2.21. The first-order chi connectivity index (χ1) is 8.26. The van der Waals surface area contributed by atoms with E-state index in [2.05, 4.69) is 43.2 Å². The highest BCUT2D eigenvalue weighted by molar-refractivity contribution is 5.42. The van der Waals surface area contributed by atoms with Crippen LogP contribution in [0.5, 0.6) is 0 Å². The van der Waals surface area contributed by atoms with Gasteiger partial charge in [-0.1, -0.05) is 13.0 Å². The van der Waals surface area contributed by atoms with Gasteiger partial charge in [-0.3, -0.25) is 0 Å². The Kier molecular flexibility index (Phi) is 4.00. The molecule has 2 rings (SSSR count). The number of fused-ring (bicyclic) bond motifs is 1. The van der Waals surface area contributed by atoms with E-state index in [0.717, 1.165) is 38.3 Å². The minimum Gasteiger partial charge on any atom is -0.360 e. The van der Waals surface area contributed by atoms with Gasteiger partial charge in [-0.15, -0.1) is 0 Å². The monoisotopic (exact) mass is 233 g/mol. The predicted octanol–water partition coefficient (Wildman–Crippen LogP) is 2.18. The number of rotatable bonds is 3. The largest absolute Gasteiger partial charge is 0.360 e. The molecular formula is C14H23N3. The maximum Gasteiger partial charge on any atom is 0.128 e. The summed E-state index contributed by atoms with van der Waals surface area (Å²) in [7, 11) is 2.10. The van der Waals surface area contributed by atoms with Crippen LogP contribution < -0.4 is 10.2 Å². The molecule has 94 valence electrons. The molecule has 1 aromatic heterocycles. The van der Waals surface area contributed by atoms with Gasteiger partial charge in [0, 0.05) is 26.1 Å². The number of nitrogens with zero attached hydrogens (tertiary/aromatic N) is 2. The predicted molar refractivity (Wildman–Crippen MR) is 72.8 cm³/mol. The van der Waals surface area contributed by atoms with Gasteiger partial charge >= 0.3 is 0 Å². The summed E-state index contributed by atoms with van der Waals surface area (Å²) in [6.45, 7) is 7.55. The summed E-state index contributed by atoms with van der Waals surface area (Å²) >= 11 is 0. The Morgan fingerprint density at radius 2 is 2.24 bits per heavy atom. The Bertz CT molecular complexity index is 376. The first-order valence-corrected chi connectivity index (χ1v) is 6.67. The molecule has 17 heavy (non-hydrogen) atoms. The average molecular weight is 233 g/mol. The molecule has 1 aliphatic rings. The van der Waals surface area contributed by atoms with Crippen LogP contribution >= 0.6 is 0 Å². The third-order valence-corrected chi connectivity index (χ3v) is 3.70. The molecule has 1 unspecified atom stereocenters. The van der Waals surface area contributed by atoms with Gasteiger partial charge in [-0.2, -0.15) is 0 Å². The second-order valence-electron chi connectivity index (χ2n) is 4.79. The molecule has 0 bridgehead atoms. The Morgan fingerprint density at radius 1 is 1.41 bits per heavy atom. The molecular weight excluding hydrogens is 210 g/mol. The van der Waals surface area contributed by atoms with Gasteiger partial charge in [0.05, 0.1) is 5.69 Å². The van der Waals surface area contributed by atoms with Gasteiger partial charge in [-0.05, 0) is 37.9 Å². The molecule has 1 N–H and O–H groups in total. The van der Waals surface area contributed by atoms with Gasteiger partial charge in [0.25, 0.3) is 0 Å². The number of hydrogen-bond acceptors (Lipinski definition) is 3. The fraction of sp³-hybridized carbons (Fsp3) is 0.643. The molecule has 0 saturated heterocycles. The lowest BCUT2D eigenvalue weighted by atomic mass is 9.97. The van der Waals surface area contributed by atoms with Crippen LogP contribution in [0.4, 0.5) is 5.82 Å². The van der Waals surface area contributed by atoms with Crippen LogP contribution in [0.15, 0.2) is 12.1 Å². The maximum absolute atomic E-state index is 4.88. The van der Waals surface area contributed by atoms with E-state index in [1.165, 1.54) is 11.3 Å². The van der Waals surface area contributed by atoms with Crippen molar-refractivity contribution in [1.29, 1.82) is 0 Å². The second kappa shape index (κ2) is 5.50. The third-order valence-electron chi connectivity index (χ3n) is 3.70. The van der Waals surface area contributed by atoms with Gasteiger partial charge in [-0.25, -0.2) is 4.98 Å². The second-order valence-corrected chi connectivity index (χ2v) is 4.79. The highest BCUT2D eigenvalue weighted by atomic mass is 15.2. The van der Waals surface area contributed by atoms with E-state index in [0.29, 0.717) is 5.92 Å². The zero-order valence-corrected chi connectivity index (χ0v) is 11.2. The molecule has 0 spiro atoms. The zero-order chi connectivity index (χ0) is 12.3. The molecule has 0 amide bonds. The highest BCUT2D eigenvalue weighted by Gasteiger charge is 2.19. The van der Waals surface area contributed by atoms with E-state index < -0.39 is 0 Å². The number of nitrogens with one attached hydrogen (secondary N) is 1. The highest BCUT2D eigenvalue weighted by Crippen LogP contribution is 2.25. The fourth-order valence-electron chi connectivity index (χ4n) is 2.37. The lowest BCUT2D eigenvalue weighted by molar-refractivity contribution is 0.584. The Balaban J connectivity index is 2.36. The summed E-state index contributed by atoms with van der Waals surface area (Å²) < 4.78 is 0. The minimum atomic E-state index is 0.567. The summed E-state index contributed by atoms with van der Waals surface area (Å²) in [5.74, 6) is 1.67. The normalized spacial score (nSPS) is 19.6. The fourth-order valence-corrected chi connectivity index (χ4v) is 2.37. The van der Waals surface area contributed by atoms with Crippen molar-refractivity contribution in [2.75, 3.05) is 31.6 Å². The Hall–Kier alpha value is -1.09. The van der Waals surface area contributed by atoms with Crippen LogP contribution in [0.25, 0.3) is 0 Å². The van der Waals surface area contributed by atoms with Crippen molar-refractivity contribution in [2.24, 2.45) is 0 Å². The van der Waals surface area contributed by atoms with Crippen molar-refractivity contribution in [3.63, 3.8) is 0 Å². The molecule has 0 radical (unpaired) electrons. The molecule has 1 atom stereocenters. The number of anilines is 1. The molecule has 0 saturated carbocycles. The average Bonchev–Trinajstić information content (AvgIpc) is 2.58. The van der Waals surface area contributed by atoms with E-state index in [4.69, 9.17) is 4.98 Å². The quantitative estimate of drug-likeness (QED) is 0.867. The van der Waals surface area contributed by atoms with Crippen LogP contribution in [0, 0.1) is 0 Å². The van der Waals surface area contributed by atoms with Gasteiger partial charge < -0.3 is 10.2 Å². The number of aromatic nitrogens is 1. The van der Waals surface area contributed by atoms with Crippen LogP contribution in [0.1, 0.15) is 37.4 Å². The summed E-state index contributed by atoms with van der Waals surface area (Å²) in [6, 6.07) is 4.42. The van der Waals surface area contributed by atoms with Crippen molar-refractivity contribution in [1.82, 2.24) is 10.3 Å². The number of pyridine rings is 1. The van der Waals surface area contributed by atoms with Crippen molar-refractivity contribution in [2.45, 2.75) is 32.6 Å². The molecule has 1 aliphatic heterocycles. The summed E-state index contributed by atoms with van der Waals surface area (Å²) in [5.41, 5.74) is 2.74. The van der Waals surface area contributed by atoms with E-state index in [-0.39, 0.29) is 0 Å². The molecule has 1 aromatic rings. The van der Waals surface area contributed by atoms with Crippen LogP contribution in [-0.2, 0) is 6.42 Å². The van der Waals surface area contributed by atoms with E-state index in [1.807, 2.05) is 0 Å². The smallest absolute Gasteiger partial charge is 0.128 e. The topological polar surface area (TPSA) is 28.2 Å². The maximum atomic E-state index is 4.88. The van der Waals surface area contributed by atoms with E-state index in [1.54, 1.807) is 0 Å². The molecule has 3 nitrogen and oxygen atoms in total. The van der Waals surface area contributed by atoms with Crippen LogP contribution in [0.2, 0.25) is 0 Å². The van der Waals surface area contributed by atoms with Crippen molar-refractivity contribution in [3.05, 3.63) is 23.4 Å². The summed E-state index contributed by atoms with van der Waals surface area (Å²) in [4.78, 5) is 7.08. The van der Waals surface area contributed by atoms with Crippen LogP contribution in [-0.4, -0.2) is 31.7 Å². The molecule has 0 fully saturated rings.